The molecular weight excluding hydrogens is 266 g/mol. The molecule has 0 fully saturated rings. The minimum absolute atomic E-state index is 0.401. The van der Waals surface area contributed by atoms with E-state index < -0.39 is 4.36 Å². The van der Waals surface area contributed by atoms with Gasteiger partial charge < -0.3 is 0 Å². The molecule has 0 saturated carbocycles. The predicted molar refractivity (Wildman–Crippen MR) is 44.9 cm³/mol. The minimum atomic E-state index is -0.401. The third-order valence-electron chi connectivity index (χ3n) is 0.550. The quantitative estimate of drug-likeness (QED) is 0.356. The molecule has 0 unspecified atom stereocenters. The van der Waals surface area contributed by atoms with Gasteiger partial charge in [-0.15, -0.1) is 0 Å². The molecule has 0 aromatic carbocycles. The van der Waals surface area contributed by atoms with E-state index in [1.165, 1.54) is 31.6 Å². The van der Waals surface area contributed by atoms with E-state index in [-0.39, 0.29) is 0 Å². The summed E-state index contributed by atoms with van der Waals surface area (Å²) < 4.78 is 0.0316. The summed E-state index contributed by atoms with van der Waals surface area (Å²) >= 11 is 7.34. The molecule has 6 heteroatoms. The van der Waals surface area contributed by atoms with E-state index in [0.29, 0.717) is 10.1 Å². The van der Waals surface area contributed by atoms with Crippen LogP contribution in [-0.4, -0.2) is 14.4 Å². The predicted octanol–water partition coefficient (Wildman–Crippen LogP) is 1.38. The van der Waals surface area contributed by atoms with Crippen LogP contribution in [0.2, 0.25) is 0 Å². The number of hydrogen-bond donors (Lipinski definition) is 1. The number of hydroxylamine groups is 1. The van der Waals surface area contributed by atoms with Gasteiger partial charge in [0, 0.05) is 0 Å². The van der Waals surface area contributed by atoms with Crippen LogP contribution < -0.4 is 5.48 Å². The molecule has 0 aliphatic carbocycles. The Hall–Kier alpha value is 0.138. The number of thioether (sulfide) groups is 1. The molecule has 0 aromatic rings. The van der Waals surface area contributed by atoms with Gasteiger partial charge in [0.25, 0.3) is 0 Å². The first-order chi connectivity index (χ1) is 5.16. The number of rotatable bonds is 2. The van der Waals surface area contributed by atoms with Crippen molar-refractivity contribution < 1.29 is 29.4 Å². The summed E-state index contributed by atoms with van der Waals surface area (Å²) in [6, 6.07) is 0. The zero-order valence-electron chi connectivity index (χ0n) is 5.53. The van der Waals surface area contributed by atoms with Gasteiger partial charge >= 0.3 is 86.0 Å². The van der Waals surface area contributed by atoms with Gasteiger partial charge in [-0.05, 0) is 0 Å². The molecule has 1 N–H and O–H groups in total. The van der Waals surface area contributed by atoms with E-state index in [2.05, 4.69) is 16.9 Å². The van der Waals surface area contributed by atoms with E-state index in [0.717, 1.165) is 0 Å². The standard InChI is InChI=1S/C5H6NO2S2.Mo/c1-2-3-10-5(9)6-8-4-7;/h2H,1,3H2,(H,6,9);. The number of nitrogens with one attached hydrogen (secondary N) is 1. The van der Waals surface area contributed by atoms with Crippen LogP contribution in [0, 0.1) is 0 Å². The summed E-state index contributed by atoms with van der Waals surface area (Å²) in [5.41, 5.74) is 2.32. The SMILES string of the molecule is C=CCSC(=S)NO[C](=O)[Mo]. The Labute approximate surface area is 85.8 Å². The number of hydrogen-bond acceptors (Lipinski definition) is 4. The first kappa shape index (κ1) is 11.1. The van der Waals surface area contributed by atoms with Crippen LogP contribution in [0.3, 0.4) is 0 Å². The van der Waals surface area contributed by atoms with Crippen LogP contribution >= 0.6 is 24.0 Å². The third-order valence-corrected chi connectivity index (χ3v) is 1.94. The average Bonchev–Trinajstić information content (AvgIpc) is 1.97. The van der Waals surface area contributed by atoms with Gasteiger partial charge in [0.15, 0.2) is 0 Å². The summed E-state index contributed by atoms with van der Waals surface area (Å²) in [6.45, 7) is 3.51. The molecule has 0 rings (SSSR count). The Morgan fingerprint density at radius 2 is 2.55 bits per heavy atom. The molecule has 0 heterocycles. The van der Waals surface area contributed by atoms with Crippen LogP contribution in [0.15, 0.2) is 12.7 Å². The summed E-state index contributed by atoms with van der Waals surface area (Å²) in [5, 5.41) is 0. The van der Waals surface area contributed by atoms with Crippen molar-refractivity contribution in [3.63, 3.8) is 0 Å². The fourth-order valence-corrected chi connectivity index (χ4v) is 0.965. The second-order valence-corrected chi connectivity index (χ2v) is 3.86. The summed E-state index contributed by atoms with van der Waals surface area (Å²) in [6.07, 6.45) is 1.72. The first-order valence-corrected chi connectivity index (χ1v) is 4.98. The fraction of sp³-hybridized carbons (Fsp3) is 0.200. The van der Waals surface area contributed by atoms with Crippen molar-refractivity contribution in [2.75, 3.05) is 5.75 Å². The fourth-order valence-electron chi connectivity index (χ4n) is 0.247. The first-order valence-electron chi connectivity index (χ1n) is 2.58. The van der Waals surface area contributed by atoms with Gasteiger partial charge in [-0.1, -0.05) is 0 Å². The van der Waals surface area contributed by atoms with E-state index in [4.69, 9.17) is 12.2 Å². The molecule has 0 spiro atoms. The third kappa shape index (κ3) is 8.04. The average molecular weight is 272 g/mol. The molecule has 0 amide bonds. The Kier molecular flexibility index (Phi) is 6.91. The molecule has 0 bridgehead atoms. The van der Waals surface area contributed by atoms with Crippen LogP contribution in [0.25, 0.3) is 0 Å². The number of carbonyl (C=O) groups excluding carboxylic acids is 1. The molecule has 0 aromatic heterocycles. The van der Waals surface area contributed by atoms with Gasteiger partial charge in [0.2, 0.25) is 0 Å². The van der Waals surface area contributed by atoms with Crippen molar-refractivity contribution in [3.8, 4) is 0 Å². The van der Waals surface area contributed by atoms with Crippen LogP contribution in [0.5, 0.6) is 0 Å². The van der Waals surface area contributed by atoms with E-state index >= 15 is 0 Å². The van der Waals surface area contributed by atoms with Gasteiger partial charge in [-0.25, -0.2) is 0 Å². The maximum absolute atomic E-state index is 10.3. The van der Waals surface area contributed by atoms with Gasteiger partial charge in [0.1, 0.15) is 0 Å². The summed E-state index contributed by atoms with van der Waals surface area (Å²) in [4.78, 5) is 14.7. The zero-order chi connectivity index (χ0) is 8.69. The van der Waals surface area contributed by atoms with Crippen molar-refractivity contribution in [2.45, 2.75) is 0 Å². The molecule has 61 valence electrons. The number of carbonyl (C=O) groups is 1. The van der Waals surface area contributed by atoms with Crippen molar-refractivity contribution >= 4 is 32.7 Å². The number of thiocarbonyl (C=S) groups is 1. The molecule has 3 nitrogen and oxygen atoms in total. The summed E-state index contributed by atoms with van der Waals surface area (Å²) in [5.74, 6) is 0.702. The zero-order valence-corrected chi connectivity index (χ0v) is 9.17. The van der Waals surface area contributed by atoms with Crippen molar-refractivity contribution in [1.29, 1.82) is 0 Å². The van der Waals surface area contributed by atoms with Gasteiger partial charge in [-0.3, -0.25) is 0 Å². The van der Waals surface area contributed by atoms with Crippen molar-refractivity contribution in [2.24, 2.45) is 0 Å². The molecule has 0 radical (unpaired) electrons. The molecule has 0 aliphatic rings. The van der Waals surface area contributed by atoms with Crippen LogP contribution in [0.1, 0.15) is 0 Å². The van der Waals surface area contributed by atoms with Crippen molar-refractivity contribution in [3.05, 3.63) is 12.7 Å². The van der Waals surface area contributed by atoms with Crippen LogP contribution in [0.4, 0.5) is 4.79 Å². The van der Waals surface area contributed by atoms with Crippen LogP contribution in [-0.2, 0) is 24.7 Å². The molecular formula is C5H6MoNO2S2. The van der Waals surface area contributed by atoms with Gasteiger partial charge in [0.05, 0.1) is 0 Å². The van der Waals surface area contributed by atoms with Crippen molar-refractivity contribution in [1.82, 2.24) is 5.48 Å². The normalized spacial score (nSPS) is 8.36. The maximum atomic E-state index is 10.3. The molecule has 0 atom stereocenters. The monoisotopic (exact) mass is 274 g/mol. The second-order valence-electron chi connectivity index (χ2n) is 1.34. The Morgan fingerprint density at radius 1 is 1.91 bits per heavy atom. The second kappa shape index (κ2) is 6.82. The Bertz CT molecular complexity index is 174. The van der Waals surface area contributed by atoms with E-state index in [1.54, 1.807) is 6.08 Å². The molecule has 0 saturated heterocycles. The molecule has 0 aliphatic heterocycles. The van der Waals surface area contributed by atoms with E-state index in [9.17, 15) is 4.79 Å². The topological polar surface area (TPSA) is 38.3 Å². The van der Waals surface area contributed by atoms with Gasteiger partial charge in [-0.2, -0.15) is 0 Å². The van der Waals surface area contributed by atoms with E-state index in [1.807, 2.05) is 0 Å². The Balaban J connectivity index is 3.37. The molecule has 11 heavy (non-hydrogen) atoms. The summed E-state index contributed by atoms with van der Waals surface area (Å²) in [7, 11) is 0. The Morgan fingerprint density at radius 3 is 3.00 bits per heavy atom.